The number of aromatic nitrogens is 4. The smallest absolute Gasteiger partial charge is 0.231 e. The van der Waals surface area contributed by atoms with Gasteiger partial charge in [-0.2, -0.15) is 0 Å². The number of nitrogen functional groups attached to an aromatic ring is 1. The van der Waals surface area contributed by atoms with Crippen molar-refractivity contribution in [3.8, 4) is 11.5 Å². The highest BCUT2D eigenvalue weighted by Gasteiger charge is 2.24. The zero-order valence-electron chi connectivity index (χ0n) is 17.6. The van der Waals surface area contributed by atoms with Crippen LogP contribution in [0.25, 0.3) is 11.2 Å². The van der Waals surface area contributed by atoms with Crippen LogP contribution in [0.1, 0.15) is 26.2 Å². The number of carbonyl (C=O) groups excluding carboxylic acids is 1. The highest BCUT2D eigenvalue weighted by atomic mass is 79.9. The first-order valence-corrected chi connectivity index (χ1v) is 12.1. The van der Waals surface area contributed by atoms with Crippen LogP contribution in [0.3, 0.4) is 0 Å². The predicted octanol–water partition coefficient (Wildman–Crippen LogP) is 3.70. The maximum Gasteiger partial charge on any atom is 0.231 e. The third-order valence-corrected chi connectivity index (χ3v) is 7.85. The molecule has 0 spiro atoms. The minimum absolute atomic E-state index is 0.146. The van der Waals surface area contributed by atoms with Crippen LogP contribution in [0.2, 0.25) is 0 Å². The van der Waals surface area contributed by atoms with Gasteiger partial charge in [-0.25, -0.2) is 15.0 Å². The van der Waals surface area contributed by atoms with E-state index in [1.54, 1.807) is 6.92 Å². The summed E-state index contributed by atoms with van der Waals surface area (Å²) in [7, 11) is 0. The van der Waals surface area contributed by atoms with Gasteiger partial charge in [0, 0.05) is 35.9 Å². The molecule has 32 heavy (non-hydrogen) atoms. The van der Waals surface area contributed by atoms with Crippen molar-refractivity contribution in [2.45, 2.75) is 42.8 Å². The van der Waals surface area contributed by atoms with E-state index in [1.807, 2.05) is 17.0 Å². The quantitative estimate of drug-likeness (QED) is 0.544. The molecule has 168 valence electrons. The second kappa shape index (κ2) is 8.78. The fraction of sp³-hybridized carbons (Fsp3) is 0.429. The molecule has 0 saturated carbocycles. The number of aryl methyl sites for hydroxylation is 1. The van der Waals surface area contributed by atoms with E-state index in [0.29, 0.717) is 23.0 Å². The molecule has 1 unspecified atom stereocenters. The number of piperidine rings is 1. The van der Waals surface area contributed by atoms with E-state index in [9.17, 15) is 4.79 Å². The van der Waals surface area contributed by atoms with Gasteiger partial charge in [0.1, 0.15) is 6.33 Å². The Morgan fingerprint density at radius 2 is 2.12 bits per heavy atom. The molecule has 11 heteroatoms. The van der Waals surface area contributed by atoms with E-state index in [2.05, 4.69) is 30.5 Å². The molecule has 1 fully saturated rings. The average Bonchev–Trinajstić information content (AvgIpc) is 3.37. The lowest BCUT2D eigenvalue weighted by molar-refractivity contribution is -0.130. The van der Waals surface area contributed by atoms with E-state index in [-0.39, 0.29) is 12.7 Å². The van der Waals surface area contributed by atoms with Gasteiger partial charge in [-0.3, -0.25) is 4.79 Å². The van der Waals surface area contributed by atoms with Crippen LogP contribution >= 0.6 is 27.7 Å². The van der Waals surface area contributed by atoms with Gasteiger partial charge in [0.05, 0.1) is 0 Å². The van der Waals surface area contributed by atoms with Gasteiger partial charge in [0.25, 0.3) is 0 Å². The van der Waals surface area contributed by atoms with Crippen molar-refractivity contribution >= 4 is 50.6 Å². The van der Waals surface area contributed by atoms with E-state index in [0.717, 1.165) is 64.8 Å². The molecule has 0 radical (unpaired) electrons. The summed E-state index contributed by atoms with van der Waals surface area (Å²) in [6.45, 7) is 4.24. The molecule has 1 aromatic carbocycles. The van der Waals surface area contributed by atoms with Gasteiger partial charge in [-0.05, 0) is 53.2 Å². The number of hydrogen-bond donors (Lipinski definition) is 1. The highest BCUT2D eigenvalue weighted by Crippen LogP contribution is 2.43. The summed E-state index contributed by atoms with van der Waals surface area (Å²) >= 11 is 5.14. The lowest BCUT2D eigenvalue weighted by Crippen LogP contribution is -2.38. The molecule has 0 aliphatic carbocycles. The molecule has 1 saturated heterocycles. The average molecular weight is 519 g/mol. The normalized spacial score (nSPS) is 17.8. The first-order chi connectivity index (χ1) is 15.5. The minimum Gasteiger partial charge on any atom is -0.454 e. The summed E-state index contributed by atoms with van der Waals surface area (Å²) in [6.07, 6.45) is 4.55. The van der Waals surface area contributed by atoms with Crippen LogP contribution in [-0.4, -0.2) is 50.2 Å². The molecule has 2 N–H and O–H groups in total. The number of nitrogens with zero attached hydrogens (tertiary/aromatic N) is 5. The third kappa shape index (κ3) is 4.11. The Bertz CT molecular complexity index is 1190. The lowest BCUT2D eigenvalue weighted by Gasteiger charge is -2.32. The van der Waals surface area contributed by atoms with Gasteiger partial charge in [-0.1, -0.05) is 11.8 Å². The minimum atomic E-state index is 0.146. The molecule has 1 atom stereocenters. The van der Waals surface area contributed by atoms with Crippen molar-refractivity contribution in [1.82, 2.24) is 24.4 Å². The lowest BCUT2D eigenvalue weighted by atomic mass is 9.95. The molecule has 5 rings (SSSR count). The Hall–Kier alpha value is -2.53. The highest BCUT2D eigenvalue weighted by molar-refractivity contribution is 9.10. The zero-order chi connectivity index (χ0) is 22.2. The summed E-state index contributed by atoms with van der Waals surface area (Å²) < 4.78 is 14.0. The van der Waals surface area contributed by atoms with Crippen LogP contribution in [0.4, 0.5) is 5.82 Å². The van der Waals surface area contributed by atoms with Crippen molar-refractivity contribution in [2.75, 3.05) is 25.6 Å². The molecule has 0 bridgehead atoms. The molecule has 2 aromatic heterocycles. The number of nitrogens with two attached hydrogens (primary N) is 1. The summed E-state index contributed by atoms with van der Waals surface area (Å²) in [5.41, 5.74) is 7.42. The van der Waals surface area contributed by atoms with Crippen molar-refractivity contribution in [1.29, 1.82) is 0 Å². The second-order valence-electron chi connectivity index (χ2n) is 7.98. The van der Waals surface area contributed by atoms with Gasteiger partial charge < -0.3 is 24.7 Å². The number of hydrogen-bond acceptors (Lipinski definition) is 8. The summed E-state index contributed by atoms with van der Waals surface area (Å²) in [4.78, 5) is 28.1. The number of halogens is 1. The van der Waals surface area contributed by atoms with Gasteiger partial charge in [0.2, 0.25) is 12.7 Å². The number of benzene rings is 1. The summed E-state index contributed by atoms with van der Waals surface area (Å²) in [5.74, 6) is 2.38. The van der Waals surface area contributed by atoms with Gasteiger partial charge in [0.15, 0.2) is 33.6 Å². The largest absolute Gasteiger partial charge is 0.454 e. The Labute approximate surface area is 197 Å². The number of fused-ring (bicyclic) bond motifs is 2. The van der Waals surface area contributed by atoms with E-state index in [1.165, 1.54) is 18.1 Å². The second-order valence-corrected chi connectivity index (χ2v) is 9.84. The number of amides is 1. The van der Waals surface area contributed by atoms with E-state index in [4.69, 9.17) is 20.2 Å². The molecule has 2 aliphatic rings. The molecule has 2 aliphatic heterocycles. The predicted molar refractivity (Wildman–Crippen MR) is 124 cm³/mol. The van der Waals surface area contributed by atoms with Gasteiger partial charge >= 0.3 is 0 Å². The summed E-state index contributed by atoms with van der Waals surface area (Å²) in [5, 5.41) is 0.783. The maximum atomic E-state index is 11.8. The van der Waals surface area contributed by atoms with Crippen molar-refractivity contribution in [3.05, 3.63) is 22.9 Å². The van der Waals surface area contributed by atoms with E-state index < -0.39 is 0 Å². The molecule has 3 aromatic rings. The maximum absolute atomic E-state index is 11.8. The van der Waals surface area contributed by atoms with Crippen LogP contribution in [0.15, 0.2) is 33.0 Å². The topological polar surface area (TPSA) is 108 Å². The Kier molecular flexibility index (Phi) is 5.85. The molecule has 1 amide bonds. The molecular weight excluding hydrogens is 496 g/mol. The standard InChI is InChI=1S/C21H23BrN6O3S/c1-12(29)27-5-2-3-13(9-27)4-6-28-20-18(19(23)24-10-25-20)26-21(28)32-17-8-16-15(7-14(17)22)30-11-31-16/h7-8,10,13H,2-6,9,11H2,1H3,(H2,23,24,25). The third-order valence-electron chi connectivity index (χ3n) is 5.88. The number of rotatable bonds is 5. The number of ether oxygens (including phenoxy) is 2. The number of likely N-dealkylation sites (tertiary alicyclic amines) is 1. The molecule has 4 heterocycles. The Balaban J connectivity index is 1.44. The van der Waals surface area contributed by atoms with Crippen molar-refractivity contribution in [3.63, 3.8) is 0 Å². The molecular formula is C21H23BrN6O3S. The fourth-order valence-corrected chi connectivity index (χ4v) is 5.70. The number of imidazole rings is 1. The van der Waals surface area contributed by atoms with Crippen molar-refractivity contribution < 1.29 is 14.3 Å². The van der Waals surface area contributed by atoms with Gasteiger partial charge in [-0.15, -0.1) is 0 Å². The van der Waals surface area contributed by atoms with Crippen LogP contribution in [-0.2, 0) is 11.3 Å². The monoisotopic (exact) mass is 518 g/mol. The number of carbonyl (C=O) groups is 1. The SMILES string of the molecule is CC(=O)N1CCCC(CCn2c(Sc3cc4c(cc3Br)OCO4)nc3c(N)ncnc32)C1. The van der Waals surface area contributed by atoms with Crippen LogP contribution in [0.5, 0.6) is 11.5 Å². The fourth-order valence-electron chi connectivity index (χ4n) is 4.19. The van der Waals surface area contributed by atoms with E-state index >= 15 is 0 Å². The van der Waals surface area contributed by atoms with Crippen LogP contribution in [0, 0.1) is 5.92 Å². The van der Waals surface area contributed by atoms with Crippen molar-refractivity contribution in [2.24, 2.45) is 5.92 Å². The Morgan fingerprint density at radius 3 is 2.94 bits per heavy atom. The summed E-state index contributed by atoms with van der Waals surface area (Å²) in [6, 6.07) is 3.85. The zero-order valence-corrected chi connectivity index (χ0v) is 20.0. The molecule has 9 nitrogen and oxygen atoms in total. The van der Waals surface area contributed by atoms with Crippen LogP contribution < -0.4 is 15.2 Å². The first kappa shape index (κ1) is 21.3. The number of anilines is 1. The first-order valence-electron chi connectivity index (χ1n) is 10.5. The Morgan fingerprint density at radius 1 is 1.31 bits per heavy atom.